The van der Waals surface area contributed by atoms with E-state index in [0.717, 1.165) is 32.0 Å². The van der Waals surface area contributed by atoms with Crippen LogP contribution >= 0.6 is 0 Å². The van der Waals surface area contributed by atoms with Crippen molar-refractivity contribution in [3.05, 3.63) is 29.3 Å². The molecule has 2 rings (SSSR count). The van der Waals surface area contributed by atoms with Crippen LogP contribution in [0.4, 0.5) is 13.2 Å². The predicted molar refractivity (Wildman–Crippen MR) is 67.3 cm³/mol. The van der Waals surface area contributed by atoms with Crippen molar-refractivity contribution in [3.63, 3.8) is 0 Å². The maximum atomic E-state index is 12.9. The van der Waals surface area contributed by atoms with Gasteiger partial charge in [0.15, 0.2) is 0 Å². The van der Waals surface area contributed by atoms with E-state index in [4.69, 9.17) is 10.00 Å². The molecule has 1 aromatic carbocycles. The third-order valence-corrected chi connectivity index (χ3v) is 3.28. The fourth-order valence-electron chi connectivity index (χ4n) is 2.24. The Morgan fingerprint density at radius 1 is 1.25 bits per heavy atom. The van der Waals surface area contributed by atoms with E-state index in [1.807, 2.05) is 0 Å². The normalized spacial score (nSPS) is 16.1. The van der Waals surface area contributed by atoms with E-state index in [2.05, 4.69) is 4.90 Å². The number of alkyl halides is 3. The van der Waals surface area contributed by atoms with E-state index >= 15 is 0 Å². The lowest BCUT2D eigenvalue weighted by atomic mass is 10.1. The summed E-state index contributed by atoms with van der Waals surface area (Å²) >= 11 is 0. The van der Waals surface area contributed by atoms with Gasteiger partial charge in [0.2, 0.25) is 0 Å². The minimum atomic E-state index is -4.52. The zero-order valence-corrected chi connectivity index (χ0v) is 10.9. The van der Waals surface area contributed by atoms with Gasteiger partial charge in [0.1, 0.15) is 12.4 Å². The van der Waals surface area contributed by atoms with Crippen LogP contribution in [-0.4, -0.2) is 31.1 Å². The van der Waals surface area contributed by atoms with Gasteiger partial charge in [-0.2, -0.15) is 18.4 Å². The van der Waals surface area contributed by atoms with E-state index in [-0.39, 0.29) is 17.9 Å². The Hall–Kier alpha value is -1.74. The first-order valence-electron chi connectivity index (χ1n) is 6.47. The Labute approximate surface area is 115 Å². The highest BCUT2D eigenvalue weighted by molar-refractivity contribution is 5.43. The van der Waals surface area contributed by atoms with E-state index in [1.54, 1.807) is 6.07 Å². The van der Waals surface area contributed by atoms with Crippen LogP contribution in [0.3, 0.4) is 0 Å². The summed E-state index contributed by atoms with van der Waals surface area (Å²) in [4.78, 5) is 2.16. The van der Waals surface area contributed by atoms with Crippen molar-refractivity contribution in [1.29, 1.82) is 5.26 Å². The zero-order valence-electron chi connectivity index (χ0n) is 10.9. The first-order valence-corrected chi connectivity index (χ1v) is 6.47. The van der Waals surface area contributed by atoms with E-state index < -0.39 is 11.7 Å². The number of rotatable bonds is 4. The number of hydrogen-bond acceptors (Lipinski definition) is 3. The lowest BCUT2D eigenvalue weighted by Gasteiger charge is -2.17. The van der Waals surface area contributed by atoms with Crippen LogP contribution in [0, 0.1) is 11.3 Å². The van der Waals surface area contributed by atoms with Crippen molar-refractivity contribution in [1.82, 2.24) is 4.90 Å². The highest BCUT2D eigenvalue weighted by atomic mass is 19.4. The van der Waals surface area contributed by atoms with Crippen molar-refractivity contribution in [2.45, 2.75) is 19.0 Å². The number of nitrogens with zero attached hydrogens (tertiary/aromatic N) is 2. The monoisotopic (exact) mass is 284 g/mol. The van der Waals surface area contributed by atoms with Gasteiger partial charge >= 0.3 is 6.18 Å². The highest BCUT2D eigenvalue weighted by Crippen LogP contribution is 2.36. The fourth-order valence-corrected chi connectivity index (χ4v) is 2.24. The summed E-state index contributed by atoms with van der Waals surface area (Å²) < 4.78 is 43.9. The van der Waals surface area contributed by atoms with E-state index in [9.17, 15) is 13.2 Å². The van der Waals surface area contributed by atoms with Crippen LogP contribution in [0.15, 0.2) is 18.2 Å². The molecule has 0 atom stereocenters. The van der Waals surface area contributed by atoms with Crippen LogP contribution < -0.4 is 4.74 Å². The van der Waals surface area contributed by atoms with E-state index in [1.165, 1.54) is 12.1 Å². The molecule has 20 heavy (non-hydrogen) atoms. The first kappa shape index (κ1) is 14.7. The molecule has 0 N–H and O–H groups in total. The van der Waals surface area contributed by atoms with Crippen molar-refractivity contribution in [2.75, 3.05) is 26.2 Å². The number of ether oxygens (including phenoxy) is 1. The molecule has 1 fully saturated rings. The maximum Gasteiger partial charge on any atom is 0.420 e. The predicted octanol–water partition coefficient (Wildman–Crippen LogP) is 3.05. The van der Waals surface area contributed by atoms with Gasteiger partial charge in [-0.1, -0.05) is 0 Å². The molecule has 1 heterocycles. The Bertz CT molecular complexity index is 502. The molecule has 0 aromatic heterocycles. The molecule has 0 unspecified atom stereocenters. The summed E-state index contributed by atoms with van der Waals surface area (Å²) in [6.07, 6.45) is -2.26. The quantitative estimate of drug-likeness (QED) is 0.852. The van der Waals surface area contributed by atoms with Crippen molar-refractivity contribution in [2.24, 2.45) is 0 Å². The molecule has 0 radical (unpaired) electrons. The SMILES string of the molecule is N#Cc1ccc(OCCN2CCCC2)c(C(F)(F)F)c1. The Morgan fingerprint density at radius 3 is 2.55 bits per heavy atom. The molecule has 0 saturated carbocycles. The minimum absolute atomic E-state index is 0.0239. The molecule has 1 aliphatic heterocycles. The Balaban J connectivity index is 2.04. The smallest absolute Gasteiger partial charge is 0.420 e. The molecule has 0 spiro atoms. The molecule has 1 aromatic rings. The molecular formula is C14H15F3N2O. The van der Waals surface area contributed by atoms with E-state index in [0.29, 0.717) is 6.54 Å². The summed E-state index contributed by atoms with van der Waals surface area (Å²) in [7, 11) is 0. The van der Waals surface area contributed by atoms with Crippen LogP contribution in [0.2, 0.25) is 0 Å². The standard InChI is InChI=1S/C14H15F3N2O/c15-14(16,17)12-9-11(10-18)3-4-13(12)20-8-7-19-5-1-2-6-19/h3-4,9H,1-2,5-8H2. The molecule has 6 heteroatoms. The van der Waals surface area contributed by atoms with Gasteiger partial charge in [-0.3, -0.25) is 4.90 Å². The molecule has 0 amide bonds. The summed E-state index contributed by atoms with van der Waals surface area (Å²) in [5, 5.41) is 8.67. The minimum Gasteiger partial charge on any atom is -0.492 e. The second-order valence-electron chi connectivity index (χ2n) is 4.72. The lowest BCUT2D eigenvalue weighted by Crippen LogP contribution is -2.25. The van der Waals surface area contributed by atoms with Crippen molar-refractivity contribution < 1.29 is 17.9 Å². The Morgan fingerprint density at radius 2 is 1.95 bits per heavy atom. The number of likely N-dealkylation sites (tertiary alicyclic amines) is 1. The van der Waals surface area contributed by atoms with Gasteiger partial charge in [0.25, 0.3) is 0 Å². The number of benzene rings is 1. The summed E-state index contributed by atoms with van der Waals surface area (Å²) in [6.45, 7) is 2.79. The average Bonchev–Trinajstić information content (AvgIpc) is 2.91. The largest absolute Gasteiger partial charge is 0.492 e. The van der Waals surface area contributed by atoms with Crippen LogP contribution in [0.5, 0.6) is 5.75 Å². The molecule has 108 valence electrons. The van der Waals surface area contributed by atoms with Crippen molar-refractivity contribution in [3.8, 4) is 11.8 Å². The summed E-state index contributed by atoms with van der Waals surface area (Å²) in [5.74, 6) is -0.212. The van der Waals surface area contributed by atoms with Gasteiger partial charge in [0.05, 0.1) is 17.2 Å². The molecule has 3 nitrogen and oxygen atoms in total. The third-order valence-electron chi connectivity index (χ3n) is 3.28. The van der Waals surface area contributed by atoms with Crippen LogP contribution in [0.1, 0.15) is 24.0 Å². The topological polar surface area (TPSA) is 36.3 Å². The lowest BCUT2D eigenvalue weighted by molar-refractivity contribution is -0.139. The molecule has 0 aliphatic carbocycles. The molecular weight excluding hydrogens is 269 g/mol. The zero-order chi connectivity index (χ0) is 14.6. The highest BCUT2D eigenvalue weighted by Gasteiger charge is 2.34. The fraction of sp³-hybridized carbons (Fsp3) is 0.500. The maximum absolute atomic E-state index is 12.9. The van der Waals surface area contributed by atoms with Gasteiger partial charge in [0, 0.05) is 6.54 Å². The van der Waals surface area contributed by atoms with Crippen molar-refractivity contribution >= 4 is 0 Å². The van der Waals surface area contributed by atoms with Gasteiger partial charge in [-0.15, -0.1) is 0 Å². The molecule has 0 bridgehead atoms. The average molecular weight is 284 g/mol. The van der Waals surface area contributed by atoms with Gasteiger partial charge in [-0.05, 0) is 44.1 Å². The summed E-state index contributed by atoms with van der Waals surface area (Å²) in [5.41, 5.74) is -0.915. The molecule has 1 saturated heterocycles. The first-order chi connectivity index (χ1) is 9.50. The number of nitriles is 1. The molecule has 1 aliphatic rings. The van der Waals surface area contributed by atoms with Gasteiger partial charge < -0.3 is 4.74 Å². The number of halogens is 3. The summed E-state index contributed by atoms with van der Waals surface area (Å²) in [6, 6.07) is 5.08. The second kappa shape index (κ2) is 6.14. The second-order valence-corrected chi connectivity index (χ2v) is 4.72. The third kappa shape index (κ3) is 3.64. The Kier molecular flexibility index (Phi) is 4.50. The van der Waals surface area contributed by atoms with Crippen LogP contribution in [0.25, 0.3) is 0 Å². The van der Waals surface area contributed by atoms with Crippen LogP contribution in [-0.2, 0) is 6.18 Å². The number of hydrogen-bond donors (Lipinski definition) is 0. The van der Waals surface area contributed by atoms with Gasteiger partial charge in [-0.25, -0.2) is 0 Å².